The normalized spacial score (nSPS) is 18.1. The third-order valence-electron chi connectivity index (χ3n) is 3.36. The lowest BCUT2D eigenvalue weighted by atomic mass is 9.90. The third kappa shape index (κ3) is 1.95. The molecule has 0 aromatic heterocycles. The van der Waals surface area contributed by atoms with Crippen LogP contribution in [0.4, 0.5) is 0 Å². The van der Waals surface area contributed by atoms with Gasteiger partial charge in [-0.25, -0.2) is 0 Å². The van der Waals surface area contributed by atoms with E-state index in [0.29, 0.717) is 6.54 Å². The maximum absolute atomic E-state index is 5.79. The fourth-order valence-corrected chi connectivity index (χ4v) is 2.44. The first kappa shape index (κ1) is 11.2. The molecule has 2 nitrogen and oxygen atoms in total. The second-order valence-corrected chi connectivity index (χ2v) is 4.59. The number of hydrogen-bond acceptors (Lipinski definition) is 2. The molecule has 0 radical (unpaired) electrons. The molecule has 0 saturated heterocycles. The quantitative estimate of drug-likeness (QED) is 0.854. The van der Waals surface area contributed by atoms with Crippen LogP contribution in [-0.4, -0.2) is 18.3 Å². The Hall–Kier alpha value is -1.93. The minimum Gasteiger partial charge on any atom is -0.328 e. The molecule has 2 aromatic carbocycles. The lowest BCUT2D eigenvalue weighted by Crippen LogP contribution is -2.28. The Balaban J connectivity index is 2.13. The van der Waals surface area contributed by atoms with Crippen LogP contribution in [0.5, 0.6) is 0 Å². The molecular formula is C16H16N2. The van der Waals surface area contributed by atoms with Crippen LogP contribution in [-0.2, 0) is 6.42 Å². The van der Waals surface area contributed by atoms with Crippen molar-refractivity contribution in [2.75, 3.05) is 6.54 Å². The SMILES string of the molecule is NCC1Cc2ccccc2C(c2ccccc2)=N1. The molecule has 2 N–H and O–H groups in total. The highest BCUT2D eigenvalue weighted by Crippen LogP contribution is 2.22. The molecular weight excluding hydrogens is 220 g/mol. The second-order valence-electron chi connectivity index (χ2n) is 4.59. The molecule has 0 saturated carbocycles. The van der Waals surface area contributed by atoms with Gasteiger partial charge < -0.3 is 5.73 Å². The molecule has 1 unspecified atom stereocenters. The summed E-state index contributed by atoms with van der Waals surface area (Å²) in [7, 11) is 0. The van der Waals surface area contributed by atoms with Crippen molar-refractivity contribution in [2.45, 2.75) is 12.5 Å². The monoisotopic (exact) mass is 236 g/mol. The van der Waals surface area contributed by atoms with E-state index in [1.807, 2.05) is 18.2 Å². The minimum atomic E-state index is 0.204. The smallest absolute Gasteiger partial charge is 0.0725 e. The Bertz CT molecular complexity index is 573. The zero-order chi connectivity index (χ0) is 12.4. The number of hydrogen-bond donors (Lipinski definition) is 1. The molecule has 0 fully saturated rings. The van der Waals surface area contributed by atoms with E-state index in [1.54, 1.807) is 0 Å². The summed E-state index contributed by atoms with van der Waals surface area (Å²) in [6, 6.07) is 19.0. The van der Waals surface area contributed by atoms with E-state index in [-0.39, 0.29) is 6.04 Å². The molecule has 1 aliphatic heterocycles. The summed E-state index contributed by atoms with van der Waals surface area (Å²) in [4.78, 5) is 4.80. The van der Waals surface area contributed by atoms with E-state index in [0.717, 1.165) is 12.1 Å². The molecule has 1 atom stereocenters. The highest BCUT2D eigenvalue weighted by atomic mass is 14.8. The summed E-state index contributed by atoms with van der Waals surface area (Å²) in [5.41, 5.74) is 10.6. The van der Waals surface area contributed by atoms with Gasteiger partial charge in [-0.2, -0.15) is 0 Å². The van der Waals surface area contributed by atoms with E-state index in [4.69, 9.17) is 10.7 Å². The second kappa shape index (κ2) is 4.75. The predicted molar refractivity (Wildman–Crippen MR) is 75.1 cm³/mol. The van der Waals surface area contributed by atoms with Gasteiger partial charge in [0.15, 0.2) is 0 Å². The Kier molecular flexibility index (Phi) is 2.95. The topological polar surface area (TPSA) is 38.4 Å². The van der Waals surface area contributed by atoms with Gasteiger partial charge in [0.2, 0.25) is 0 Å². The summed E-state index contributed by atoms with van der Waals surface area (Å²) in [6.45, 7) is 0.602. The van der Waals surface area contributed by atoms with E-state index in [1.165, 1.54) is 16.7 Å². The van der Waals surface area contributed by atoms with Gasteiger partial charge in [-0.1, -0.05) is 54.6 Å². The number of nitrogens with zero attached hydrogens (tertiary/aromatic N) is 1. The first-order valence-corrected chi connectivity index (χ1v) is 6.30. The first-order valence-electron chi connectivity index (χ1n) is 6.30. The summed E-state index contributed by atoms with van der Waals surface area (Å²) in [6.07, 6.45) is 0.947. The van der Waals surface area contributed by atoms with E-state index in [2.05, 4.69) is 36.4 Å². The Labute approximate surface area is 107 Å². The number of fused-ring (bicyclic) bond motifs is 1. The predicted octanol–water partition coefficient (Wildman–Crippen LogP) is 2.41. The van der Waals surface area contributed by atoms with Gasteiger partial charge >= 0.3 is 0 Å². The minimum absolute atomic E-state index is 0.204. The molecule has 0 amide bonds. The fourth-order valence-electron chi connectivity index (χ4n) is 2.44. The maximum atomic E-state index is 5.79. The van der Waals surface area contributed by atoms with Gasteiger partial charge in [-0.15, -0.1) is 0 Å². The average molecular weight is 236 g/mol. The van der Waals surface area contributed by atoms with Crippen molar-refractivity contribution in [3.8, 4) is 0 Å². The molecule has 3 rings (SSSR count). The zero-order valence-electron chi connectivity index (χ0n) is 10.2. The highest BCUT2D eigenvalue weighted by molar-refractivity contribution is 6.14. The number of nitrogens with two attached hydrogens (primary N) is 1. The van der Waals surface area contributed by atoms with Crippen molar-refractivity contribution >= 4 is 5.71 Å². The van der Waals surface area contributed by atoms with Gasteiger partial charge in [0.1, 0.15) is 0 Å². The van der Waals surface area contributed by atoms with Crippen LogP contribution in [0.2, 0.25) is 0 Å². The molecule has 18 heavy (non-hydrogen) atoms. The average Bonchev–Trinajstić information content (AvgIpc) is 2.47. The summed E-state index contributed by atoms with van der Waals surface area (Å²) < 4.78 is 0. The van der Waals surface area contributed by atoms with Crippen molar-refractivity contribution in [3.63, 3.8) is 0 Å². The van der Waals surface area contributed by atoms with Crippen LogP contribution < -0.4 is 5.73 Å². The Morgan fingerprint density at radius 1 is 1.00 bits per heavy atom. The highest BCUT2D eigenvalue weighted by Gasteiger charge is 2.20. The Morgan fingerprint density at radius 2 is 1.72 bits per heavy atom. The van der Waals surface area contributed by atoms with Crippen molar-refractivity contribution in [1.29, 1.82) is 0 Å². The van der Waals surface area contributed by atoms with Crippen LogP contribution in [0, 0.1) is 0 Å². The number of aliphatic imine (C=N–C) groups is 1. The molecule has 0 aliphatic carbocycles. The molecule has 1 heterocycles. The summed E-state index contributed by atoms with van der Waals surface area (Å²) in [5.74, 6) is 0. The van der Waals surface area contributed by atoms with Crippen LogP contribution >= 0.6 is 0 Å². The van der Waals surface area contributed by atoms with Crippen molar-refractivity contribution < 1.29 is 0 Å². The van der Waals surface area contributed by atoms with Crippen molar-refractivity contribution in [2.24, 2.45) is 10.7 Å². The van der Waals surface area contributed by atoms with Crippen molar-refractivity contribution in [1.82, 2.24) is 0 Å². The van der Waals surface area contributed by atoms with E-state index in [9.17, 15) is 0 Å². The van der Waals surface area contributed by atoms with E-state index >= 15 is 0 Å². The van der Waals surface area contributed by atoms with Gasteiger partial charge in [0.05, 0.1) is 11.8 Å². The van der Waals surface area contributed by atoms with Gasteiger partial charge in [-0.3, -0.25) is 4.99 Å². The fraction of sp³-hybridized carbons (Fsp3) is 0.188. The number of rotatable bonds is 2. The van der Waals surface area contributed by atoms with E-state index < -0.39 is 0 Å². The molecule has 1 aliphatic rings. The van der Waals surface area contributed by atoms with Gasteiger partial charge in [0.25, 0.3) is 0 Å². The van der Waals surface area contributed by atoms with Crippen LogP contribution in [0.15, 0.2) is 59.6 Å². The van der Waals surface area contributed by atoms with Crippen LogP contribution in [0.25, 0.3) is 0 Å². The lowest BCUT2D eigenvalue weighted by Gasteiger charge is -2.22. The first-order chi connectivity index (χ1) is 8.88. The molecule has 90 valence electrons. The number of benzene rings is 2. The van der Waals surface area contributed by atoms with Crippen LogP contribution in [0.3, 0.4) is 0 Å². The summed E-state index contributed by atoms with van der Waals surface area (Å²) in [5, 5.41) is 0. The summed E-state index contributed by atoms with van der Waals surface area (Å²) >= 11 is 0. The Morgan fingerprint density at radius 3 is 2.50 bits per heavy atom. The third-order valence-corrected chi connectivity index (χ3v) is 3.36. The molecule has 0 bridgehead atoms. The largest absolute Gasteiger partial charge is 0.328 e. The lowest BCUT2D eigenvalue weighted by molar-refractivity contribution is 0.671. The zero-order valence-corrected chi connectivity index (χ0v) is 10.2. The molecule has 0 spiro atoms. The van der Waals surface area contributed by atoms with Gasteiger partial charge in [0, 0.05) is 17.7 Å². The van der Waals surface area contributed by atoms with Crippen molar-refractivity contribution in [3.05, 3.63) is 71.3 Å². The molecule has 2 heteroatoms. The van der Waals surface area contributed by atoms with Crippen LogP contribution in [0.1, 0.15) is 16.7 Å². The van der Waals surface area contributed by atoms with Gasteiger partial charge in [-0.05, 0) is 12.0 Å². The maximum Gasteiger partial charge on any atom is 0.0725 e. The standard InChI is InChI=1S/C16H16N2/c17-11-14-10-13-8-4-5-9-15(13)16(18-14)12-6-2-1-3-7-12/h1-9,14H,10-11,17H2. The molecule has 2 aromatic rings.